The van der Waals surface area contributed by atoms with Crippen LogP contribution in [0.25, 0.3) is 10.8 Å². The summed E-state index contributed by atoms with van der Waals surface area (Å²) in [6.07, 6.45) is 0. The van der Waals surface area contributed by atoms with Crippen LogP contribution >= 0.6 is 0 Å². The highest BCUT2D eigenvalue weighted by molar-refractivity contribution is 7.91. The minimum absolute atomic E-state index is 0.0459. The molecule has 29 heavy (non-hydrogen) atoms. The Balaban J connectivity index is 1.64. The predicted octanol–water partition coefficient (Wildman–Crippen LogP) is 3.68. The molecule has 3 aromatic carbocycles. The second-order valence-electron chi connectivity index (χ2n) is 6.68. The highest BCUT2D eigenvalue weighted by Crippen LogP contribution is 2.24. The van der Waals surface area contributed by atoms with E-state index in [0.717, 1.165) is 22.4 Å². The molecule has 0 saturated carbocycles. The van der Waals surface area contributed by atoms with Gasteiger partial charge in [0.1, 0.15) is 10.7 Å². The molecule has 0 aromatic heterocycles. The highest BCUT2D eigenvalue weighted by atomic mass is 32.2. The Labute approximate surface area is 170 Å². The number of guanidine groups is 1. The average Bonchev–Trinajstić information content (AvgIpc) is 2.72. The summed E-state index contributed by atoms with van der Waals surface area (Å²) in [5.41, 5.74) is 1.12. The molecule has 3 aromatic rings. The number of benzene rings is 3. The molecule has 0 heterocycles. The van der Waals surface area contributed by atoms with E-state index in [0.29, 0.717) is 5.96 Å². The molecule has 5 nitrogen and oxygen atoms in total. The lowest BCUT2D eigenvalue weighted by Gasteiger charge is -2.20. The van der Waals surface area contributed by atoms with Crippen molar-refractivity contribution >= 4 is 26.6 Å². The number of rotatable bonds is 6. The summed E-state index contributed by atoms with van der Waals surface area (Å²) in [6.45, 7) is 2.13. The minimum atomic E-state index is -3.72. The van der Waals surface area contributed by atoms with Crippen molar-refractivity contribution in [3.8, 4) is 0 Å². The van der Waals surface area contributed by atoms with E-state index in [1.807, 2.05) is 25.1 Å². The van der Waals surface area contributed by atoms with Gasteiger partial charge in [-0.25, -0.2) is 12.8 Å². The van der Waals surface area contributed by atoms with Crippen molar-refractivity contribution in [3.63, 3.8) is 0 Å². The van der Waals surface area contributed by atoms with Gasteiger partial charge in [0.25, 0.3) is 0 Å². The summed E-state index contributed by atoms with van der Waals surface area (Å²) in [5.74, 6) is -0.495. The van der Waals surface area contributed by atoms with Crippen molar-refractivity contribution in [1.82, 2.24) is 10.6 Å². The van der Waals surface area contributed by atoms with Gasteiger partial charge in [-0.15, -0.1) is 0 Å². The minimum Gasteiger partial charge on any atom is -0.355 e. The highest BCUT2D eigenvalue weighted by Gasteiger charge is 2.19. The number of sulfone groups is 1. The first-order valence-electron chi connectivity index (χ1n) is 9.34. The number of nitrogens with zero attached hydrogens (tertiary/aromatic N) is 1. The van der Waals surface area contributed by atoms with Crippen LogP contribution in [0.1, 0.15) is 18.5 Å². The Kier molecular flexibility index (Phi) is 6.49. The molecule has 152 valence electrons. The molecule has 0 aliphatic rings. The maximum atomic E-state index is 13.8. The Morgan fingerprint density at radius 1 is 1.03 bits per heavy atom. The van der Waals surface area contributed by atoms with Crippen molar-refractivity contribution < 1.29 is 12.8 Å². The quantitative estimate of drug-likeness (QED) is 0.478. The summed E-state index contributed by atoms with van der Waals surface area (Å²) >= 11 is 0. The summed E-state index contributed by atoms with van der Waals surface area (Å²) < 4.78 is 38.5. The van der Waals surface area contributed by atoms with Crippen LogP contribution < -0.4 is 10.6 Å². The molecule has 0 amide bonds. The van der Waals surface area contributed by atoms with E-state index in [2.05, 4.69) is 39.9 Å². The molecule has 0 spiro atoms. The van der Waals surface area contributed by atoms with E-state index in [-0.39, 0.29) is 23.2 Å². The number of halogens is 1. The van der Waals surface area contributed by atoms with Crippen molar-refractivity contribution in [2.24, 2.45) is 4.99 Å². The summed E-state index contributed by atoms with van der Waals surface area (Å²) in [5, 5.41) is 8.58. The second kappa shape index (κ2) is 9.05. The number of hydrogen-bond acceptors (Lipinski definition) is 3. The number of aliphatic imine (C=N–C) groups is 1. The third kappa shape index (κ3) is 4.92. The fraction of sp³-hybridized carbons (Fsp3) is 0.227. The Bertz CT molecular complexity index is 1120. The van der Waals surface area contributed by atoms with Crippen molar-refractivity contribution in [1.29, 1.82) is 0 Å². The van der Waals surface area contributed by atoms with E-state index >= 15 is 0 Å². The zero-order valence-electron chi connectivity index (χ0n) is 16.4. The van der Waals surface area contributed by atoms with Crippen LogP contribution in [0.2, 0.25) is 0 Å². The third-order valence-corrected chi connectivity index (χ3v) is 6.44. The summed E-state index contributed by atoms with van der Waals surface area (Å²) in [7, 11) is -2.10. The third-order valence-electron chi connectivity index (χ3n) is 4.70. The standard InChI is InChI=1S/C22H24FN3O2S/c1-16(18-11-7-9-17-8-3-4-10-19(17)18)26-22(24-2)25-14-15-29(27,28)21-13-6-5-12-20(21)23/h3-13,16H,14-15H2,1-2H3,(H2,24,25,26). The predicted molar refractivity (Wildman–Crippen MR) is 115 cm³/mol. The molecule has 7 heteroatoms. The lowest BCUT2D eigenvalue weighted by Crippen LogP contribution is -2.40. The van der Waals surface area contributed by atoms with Crippen LogP contribution in [0, 0.1) is 5.82 Å². The van der Waals surface area contributed by atoms with Crippen LogP contribution in [0.4, 0.5) is 4.39 Å². The number of nitrogens with one attached hydrogen (secondary N) is 2. The maximum absolute atomic E-state index is 13.8. The smallest absolute Gasteiger partial charge is 0.191 e. The topological polar surface area (TPSA) is 70.6 Å². The fourth-order valence-corrected chi connectivity index (χ4v) is 4.46. The lowest BCUT2D eigenvalue weighted by molar-refractivity contribution is 0.566. The van der Waals surface area contributed by atoms with E-state index < -0.39 is 15.7 Å². The Morgan fingerprint density at radius 2 is 1.72 bits per heavy atom. The number of fused-ring (bicyclic) bond motifs is 1. The van der Waals surface area contributed by atoms with Crippen molar-refractivity contribution in [2.45, 2.75) is 17.9 Å². The van der Waals surface area contributed by atoms with E-state index in [9.17, 15) is 12.8 Å². The first-order chi connectivity index (χ1) is 13.9. The molecule has 0 aliphatic carbocycles. The van der Waals surface area contributed by atoms with Gasteiger partial charge in [0.05, 0.1) is 11.8 Å². The lowest BCUT2D eigenvalue weighted by atomic mass is 10.00. The van der Waals surface area contributed by atoms with E-state index in [1.165, 1.54) is 18.2 Å². The first-order valence-corrected chi connectivity index (χ1v) is 11.0. The van der Waals surface area contributed by atoms with Gasteiger partial charge in [0.2, 0.25) is 0 Å². The largest absolute Gasteiger partial charge is 0.355 e. The van der Waals surface area contributed by atoms with Gasteiger partial charge in [0.15, 0.2) is 15.8 Å². The summed E-state index contributed by atoms with van der Waals surface area (Å²) in [6, 6.07) is 19.6. The van der Waals surface area contributed by atoms with Crippen molar-refractivity contribution in [3.05, 3.63) is 78.1 Å². The molecule has 0 radical (unpaired) electrons. The SMILES string of the molecule is CN=C(NCCS(=O)(=O)c1ccccc1F)NC(C)c1cccc2ccccc12. The van der Waals surface area contributed by atoms with Gasteiger partial charge in [0, 0.05) is 13.6 Å². The molecule has 3 rings (SSSR count). The van der Waals surface area contributed by atoms with Crippen LogP contribution in [-0.2, 0) is 9.84 Å². The van der Waals surface area contributed by atoms with E-state index in [1.54, 1.807) is 7.05 Å². The van der Waals surface area contributed by atoms with Crippen LogP contribution in [0.3, 0.4) is 0 Å². The van der Waals surface area contributed by atoms with Gasteiger partial charge < -0.3 is 10.6 Å². The average molecular weight is 414 g/mol. The summed E-state index contributed by atoms with van der Waals surface area (Å²) in [4.78, 5) is 3.89. The monoisotopic (exact) mass is 413 g/mol. The fourth-order valence-electron chi connectivity index (χ4n) is 3.22. The van der Waals surface area contributed by atoms with Gasteiger partial charge >= 0.3 is 0 Å². The molecular weight excluding hydrogens is 389 g/mol. The molecule has 1 atom stereocenters. The molecule has 2 N–H and O–H groups in total. The molecule has 1 unspecified atom stereocenters. The zero-order valence-corrected chi connectivity index (χ0v) is 17.2. The first kappa shape index (κ1) is 20.8. The second-order valence-corrected chi connectivity index (χ2v) is 8.76. The molecule has 0 aliphatic heterocycles. The van der Waals surface area contributed by atoms with Gasteiger partial charge in [-0.2, -0.15) is 0 Å². The molecule has 0 saturated heterocycles. The van der Waals surface area contributed by atoms with Crippen LogP contribution in [-0.4, -0.2) is 33.7 Å². The van der Waals surface area contributed by atoms with Gasteiger partial charge in [-0.05, 0) is 35.4 Å². The van der Waals surface area contributed by atoms with Gasteiger partial charge in [-0.3, -0.25) is 4.99 Å². The maximum Gasteiger partial charge on any atom is 0.191 e. The van der Waals surface area contributed by atoms with Gasteiger partial charge in [-0.1, -0.05) is 54.6 Å². The molecular formula is C22H24FN3O2S. The number of hydrogen-bond donors (Lipinski definition) is 2. The Morgan fingerprint density at radius 3 is 2.48 bits per heavy atom. The Hall–Kier alpha value is -2.93. The normalized spacial score (nSPS) is 13.3. The molecule has 0 fully saturated rings. The zero-order chi connectivity index (χ0) is 20.9. The van der Waals surface area contributed by atoms with Crippen molar-refractivity contribution in [2.75, 3.05) is 19.3 Å². The molecule has 0 bridgehead atoms. The van der Waals surface area contributed by atoms with E-state index in [4.69, 9.17) is 0 Å². The van der Waals surface area contributed by atoms with Crippen LogP contribution in [0.5, 0.6) is 0 Å². The van der Waals surface area contributed by atoms with Crippen LogP contribution in [0.15, 0.2) is 76.6 Å².